The molecule has 0 spiro atoms. The Bertz CT molecular complexity index is 869. The Kier molecular flexibility index (Phi) is 4.26. The van der Waals surface area contributed by atoms with Crippen LogP contribution in [0.25, 0.3) is 4.96 Å². The summed E-state index contributed by atoms with van der Waals surface area (Å²) in [5.41, 5.74) is 0.806. The summed E-state index contributed by atoms with van der Waals surface area (Å²) in [7, 11) is 1.86. The van der Waals surface area contributed by atoms with Gasteiger partial charge < -0.3 is 14.6 Å². The molecule has 0 aliphatic carbocycles. The molecular weight excluding hydrogens is 340 g/mol. The summed E-state index contributed by atoms with van der Waals surface area (Å²) in [5, 5.41) is 19.5. The predicted molar refractivity (Wildman–Crippen MR) is 92.3 cm³/mol. The van der Waals surface area contributed by atoms with Crippen LogP contribution in [0.15, 0.2) is 17.8 Å². The number of hydrogen-bond acceptors (Lipinski definition) is 6. The molecule has 8 nitrogen and oxygen atoms in total. The van der Waals surface area contributed by atoms with Crippen LogP contribution in [-0.4, -0.2) is 53.2 Å². The molecule has 0 aromatic carbocycles. The Morgan fingerprint density at radius 2 is 2.32 bits per heavy atom. The van der Waals surface area contributed by atoms with Gasteiger partial charge in [-0.3, -0.25) is 9.20 Å². The summed E-state index contributed by atoms with van der Waals surface area (Å²) < 4.78 is 3.78. The maximum absolute atomic E-state index is 12.7. The van der Waals surface area contributed by atoms with Gasteiger partial charge in [-0.15, -0.1) is 21.5 Å². The molecule has 0 bridgehead atoms. The van der Waals surface area contributed by atoms with Gasteiger partial charge in [0.2, 0.25) is 5.91 Å². The molecule has 3 aromatic rings. The van der Waals surface area contributed by atoms with Gasteiger partial charge in [-0.2, -0.15) is 0 Å². The molecule has 4 rings (SSSR count). The lowest BCUT2D eigenvalue weighted by Crippen LogP contribution is -2.40. The Morgan fingerprint density at radius 1 is 1.44 bits per heavy atom. The molecule has 1 atom stereocenters. The van der Waals surface area contributed by atoms with Crippen molar-refractivity contribution in [1.29, 1.82) is 0 Å². The second kappa shape index (κ2) is 6.57. The van der Waals surface area contributed by atoms with Crippen LogP contribution >= 0.6 is 11.3 Å². The van der Waals surface area contributed by atoms with E-state index >= 15 is 0 Å². The second-order valence-electron chi connectivity index (χ2n) is 6.37. The summed E-state index contributed by atoms with van der Waals surface area (Å²) >= 11 is 1.56. The maximum atomic E-state index is 12.7. The number of likely N-dealkylation sites (tertiary alicyclic amines) is 1. The van der Waals surface area contributed by atoms with E-state index in [-0.39, 0.29) is 18.4 Å². The zero-order valence-corrected chi connectivity index (χ0v) is 14.8. The van der Waals surface area contributed by atoms with Crippen LogP contribution in [0.2, 0.25) is 0 Å². The van der Waals surface area contributed by atoms with Gasteiger partial charge in [0.15, 0.2) is 10.8 Å². The van der Waals surface area contributed by atoms with E-state index < -0.39 is 0 Å². The molecule has 132 valence electrons. The van der Waals surface area contributed by atoms with Crippen molar-refractivity contribution in [2.45, 2.75) is 31.8 Å². The zero-order chi connectivity index (χ0) is 17.4. The fraction of sp³-hybridized carbons (Fsp3) is 0.500. The van der Waals surface area contributed by atoms with Crippen molar-refractivity contribution in [3.63, 3.8) is 0 Å². The van der Waals surface area contributed by atoms with E-state index in [4.69, 9.17) is 0 Å². The number of piperidine rings is 1. The Hall–Kier alpha value is -2.26. The standard InChI is InChI=1S/C16H20N6O2S/c1-20-13(10-23)18-19-15(20)11-3-2-4-21(8-11)14(24)7-12-9-22-5-6-25-16(22)17-12/h5-6,9,11,23H,2-4,7-8,10H2,1H3/t11-/m1/s1. The van der Waals surface area contributed by atoms with Crippen LogP contribution in [0.1, 0.15) is 36.1 Å². The van der Waals surface area contributed by atoms with E-state index in [0.717, 1.165) is 35.9 Å². The fourth-order valence-corrected chi connectivity index (χ4v) is 4.13. The monoisotopic (exact) mass is 360 g/mol. The topological polar surface area (TPSA) is 88.5 Å². The van der Waals surface area contributed by atoms with E-state index in [2.05, 4.69) is 15.2 Å². The number of aromatic nitrogens is 5. The van der Waals surface area contributed by atoms with Crippen molar-refractivity contribution >= 4 is 22.2 Å². The molecule has 0 radical (unpaired) electrons. The van der Waals surface area contributed by atoms with Gasteiger partial charge in [0.1, 0.15) is 12.4 Å². The molecule has 0 unspecified atom stereocenters. The molecule has 1 aliphatic rings. The Morgan fingerprint density at radius 3 is 3.08 bits per heavy atom. The highest BCUT2D eigenvalue weighted by atomic mass is 32.1. The smallest absolute Gasteiger partial charge is 0.228 e. The number of aliphatic hydroxyl groups is 1. The highest BCUT2D eigenvalue weighted by Crippen LogP contribution is 2.26. The number of nitrogens with zero attached hydrogens (tertiary/aromatic N) is 6. The maximum Gasteiger partial charge on any atom is 0.228 e. The van der Waals surface area contributed by atoms with E-state index in [1.165, 1.54) is 0 Å². The third-order valence-electron chi connectivity index (χ3n) is 4.75. The van der Waals surface area contributed by atoms with Crippen LogP contribution in [0.3, 0.4) is 0 Å². The number of amides is 1. The first-order valence-electron chi connectivity index (χ1n) is 8.33. The average molecular weight is 360 g/mol. The van der Waals surface area contributed by atoms with Gasteiger partial charge in [-0.05, 0) is 12.8 Å². The third-order valence-corrected chi connectivity index (χ3v) is 5.53. The molecule has 1 fully saturated rings. The summed E-state index contributed by atoms with van der Waals surface area (Å²) in [6.07, 6.45) is 6.10. The first-order valence-corrected chi connectivity index (χ1v) is 9.21. The minimum Gasteiger partial charge on any atom is -0.388 e. The zero-order valence-electron chi connectivity index (χ0n) is 14.0. The predicted octanol–water partition coefficient (Wildman–Crippen LogP) is 0.965. The van der Waals surface area contributed by atoms with Crippen molar-refractivity contribution in [3.8, 4) is 0 Å². The van der Waals surface area contributed by atoms with E-state index in [1.807, 2.05) is 38.7 Å². The molecule has 0 saturated carbocycles. The summed E-state index contributed by atoms with van der Waals surface area (Å²) in [6.45, 7) is 1.27. The van der Waals surface area contributed by atoms with Crippen molar-refractivity contribution in [1.82, 2.24) is 29.0 Å². The molecule has 9 heteroatoms. The first kappa shape index (κ1) is 16.2. The lowest BCUT2D eigenvalue weighted by molar-refractivity contribution is -0.131. The Labute approximate surface area is 148 Å². The van der Waals surface area contributed by atoms with Gasteiger partial charge >= 0.3 is 0 Å². The fourth-order valence-electron chi connectivity index (χ4n) is 3.41. The largest absolute Gasteiger partial charge is 0.388 e. The molecule has 3 aromatic heterocycles. The van der Waals surface area contributed by atoms with Crippen LogP contribution in [0.4, 0.5) is 0 Å². The lowest BCUT2D eigenvalue weighted by Gasteiger charge is -2.32. The van der Waals surface area contributed by atoms with E-state index in [0.29, 0.717) is 18.8 Å². The number of fused-ring (bicyclic) bond motifs is 1. The van der Waals surface area contributed by atoms with E-state index in [9.17, 15) is 9.90 Å². The van der Waals surface area contributed by atoms with Gasteiger partial charge in [-0.1, -0.05) is 0 Å². The molecule has 1 aliphatic heterocycles. The lowest BCUT2D eigenvalue weighted by atomic mass is 9.96. The molecule has 25 heavy (non-hydrogen) atoms. The van der Waals surface area contributed by atoms with Gasteiger partial charge in [0, 0.05) is 43.8 Å². The Balaban J connectivity index is 1.45. The number of imidazole rings is 1. The number of hydrogen-bond donors (Lipinski definition) is 1. The van der Waals surface area contributed by atoms with Crippen LogP contribution < -0.4 is 0 Å². The first-order chi connectivity index (χ1) is 12.2. The molecule has 1 saturated heterocycles. The number of rotatable bonds is 4. The quantitative estimate of drug-likeness (QED) is 0.749. The average Bonchev–Trinajstić information content (AvgIpc) is 3.29. The van der Waals surface area contributed by atoms with Crippen LogP contribution in [-0.2, 0) is 24.9 Å². The summed E-state index contributed by atoms with van der Waals surface area (Å²) in [4.78, 5) is 20.0. The molecule has 1 amide bonds. The number of carbonyl (C=O) groups is 1. The van der Waals surface area contributed by atoms with Crippen molar-refractivity contribution in [2.75, 3.05) is 13.1 Å². The molecule has 4 heterocycles. The highest BCUT2D eigenvalue weighted by Gasteiger charge is 2.28. The molecular formula is C16H20N6O2S. The van der Waals surface area contributed by atoms with Crippen molar-refractivity contribution in [2.24, 2.45) is 7.05 Å². The summed E-state index contributed by atoms with van der Waals surface area (Å²) in [5.74, 6) is 1.64. The minimum absolute atomic E-state index is 0.0972. The normalized spacial score (nSPS) is 18.2. The number of aliphatic hydroxyl groups excluding tert-OH is 1. The van der Waals surface area contributed by atoms with Crippen LogP contribution in [0, 0.1) is 0 Å². The second-order valence-corrected chi connectivity index (χ2v) is 7.25. The number of carbonyl (C=O) groups excluding carboxylic acids is 1. The van der Waals surface area contributed by atoms with Gasteiger partial charge in [0.05, 0.1) is 12.1 Å². The van der Waals surface area contributed by atoms with Crippen LogP contribution in [0.5, 0.6) is 0 Å². The van der Waals surface area contributed by atoms with Crippen molar-refractivity contribution < 1.29 is 9.90 Å². The molecule has 1 N–H and O–H groups in total. The van der Waals surface area contributed by atoms with E-state index in [1.54, 1.807) is 11.3 Å². The minimum atomic E-state index is -0.129. The summed E-state index contributed by atoms with van der Waals surface area (Å²) in [6, 6.07) is 0. The van der Waals surface area contributed by atoms with Crippen molar-refractivity contribution in [3.05, 3.63) is 35.1 Å². The third kappa shape index (κ3) is 3.05. The van der Waals surface area contributed by atoms with Gasteiger partial charge in [0.25, 0.3) is 0 Å². The number of thiazole rings is 1. The SMILES string of the molecule is Cn1c(CO)nnc1[C@@H]1CCCN(C(=O)Cc2cn3ccsc3n2)C1. The highest BCUT2D eigenvalue weighted by molar-refractivity contribution is 7.15. The van der Waals surface area contributed by atoms with Gasteiger partial charge in [-0.25, -0.2) is 4.98 Å².